The van der Waals surface area contributed by atoms with E-state index in [0.29, 0.717) is 12.8 Å². The predicted molar refractivity (Wildman–Crippen MR) is 74.6 cm³/mol. The number of hydrogen-bond acceptors (Lipinski definition) is 3. The largest absolute Gasteiger partial charge is 0.296 e. The molecule has 3 rings (SSSR count). The molecule has 0 saturated carbocycles. The maximum absolute atomic E-state index is 11.9. The minimum atomic E-state index is -0.345. The van der Waals surface area contributed by atoms with Crippen LogP contribution in [-0.4, -0.2) is 16.8 Å². The molecule has 1 fully saturated rings. The minimum absolute atomic E-state index is 0.204. The molecule has 1 aliphatic rings. The molecule has 1 N–H and O–H groups in total. The average molecular weight is 319 g/mol. The number of hydrogen-bond donors (Lipinski definition) is 1. The normalized spacial score (nSPS) is 19.5. The summed E-state index contributed by atoms with van der Waals surface area (Å²) in [6.45, 7) is 0. The SMILES string of the molecule is O=C1CCC(c2nccc3cc(Br)ccc23)C(=O)N1. The summed E-state index contributed by atoms with van der Waals surface area (Å²) < 4.78 is 0.987. The van der Waals surface area contributed by atoms with Gasteiger partial charge in [0.2, 0.25) is 11.8 Å². The number of carbonyl (C=O) groups excluding carboxylic acids is 2. The summed E-state index contributed by atoms with van der Waals surface area (Å²) in [5, 5.41) is 4.37. The fourth-order valence-electron chi connectivity index (χ4n) is 2.40. The Kier molecular flexibility index (Phi) is 3.06. The lowest BCUT2D eigenvalue weighted by Gasteiger charge is -2.21. The summed E-state index contributed by atoms with van der Waals surface area (Å²) in [6, 6.07) is 7.78. The van der Waals surface area contributed by atoms with E-state index in [2.05, 4.69) is 26.2 Å². The van der Waals surface area contributed by atoms with Crippen LogP contribution in [-0.2, 0) is 9.59 Å². The lowest BCUT2D eigenvalue weighted by atomic mass is 9.91. The van der Waals surface area contributed by atoms with Gasteiger partial charge in [-0.2, -0.15) is 0 Å². The predicted octanol–water partition coefficient (Wildman–Crippen LogP) is 2.52. The first-order chi connectivity index (χ1) is 9.15. The van der Waals surface area contributed by atoms with Crippen molar-refractivity contribution < 1.29 is 9.59 Å². The third kappa shape index (κ3) is 2.26. The topological polar surface area (TPSA) is 59.1 Å². The number of nitrogens with one attached hydrogen (secondary N) is 1. The molecule has 5 heteroatoms. The Balaban J connectivity index is 2.10. The summed E-state index contributed by atoms with van der Waals surface area (Å²) in [6.07, 6.45) is 2.59. The second kappa shape index (κ2) is 4.74. The second-order valence-corrected chi connectivity index (χ2v) is 5.48. The van der Waals surface area contributed by atoms with Gasteiger partial charge in [0.05, 0.1) is 11.6 Å². The molecule has 2 aromatic rings. The molecule has 1 atom stereocenters. The maximum atomic E-state index is 11.9. The van der Waals surface area contributed by atoms with Gasteiger partial charge >= 0.3 is 0 Å². The summed E-state index contributed by atoms with van der Waals surface area (Å²) >= 11 is 3.43. The number of halogens is 1. The number of rotatable bonds is 1. The van der Waals surface area contributed by atoms with E-state index in [1.54, 1.807) is 6.20 Å². The van der Waals surface area contributed by atoms with Crippen molar-refractivity contribution in [2.45, 2.75) is 18.8 Å². The zero-order valence-electron chi connectivity index (χ0n) is 10.0. The van der Waals surface area contributed by atoms with Crippen LogP contribution in [0.2, 0.25) is 0 Å². The van der Waals surface area contributed by atoms with E-state index in [1.165, 1.54) is 0 Å². The molecule has 4 nitrogen and oxygen atoms in total. The van der Waals surface area contributed by atoms with E-state index in [9.17, 15) is 9.59 Å². The van der Waals surface area contributed by atoms with Crippen molar-refractivity contribution in [2.75, 3.05) is 0 Å². The molecule has 19 heavy (non-hydrogen) atoms. The Labute approximate surface area is 118 Å². The van der Waals surface area contributed by atoms with E-state index >= 15 is 0 Å². The number of fused-ring (bicyclic) bond motifs is 1. The number of imide groups is 1. The average Bonchev–Trinajstić information content (AvgIpc) is 2.38. The van der Waals surface area contributed by atoms with E-state index in [0.717, 1.165) is 20.9 Å². The highest BCUT2D eigenvalue weighted by Crippen LogP contribution is 2.30. The molecule has 0 radical (unpaired) electrons. The van der Waals surface area contributed by atoms with Gasteiger partial charge in [0.25, 0.3) is 0 Å². The highest BCUT2D eigenvalue weighted by atomic mass is 79.9. The minimum Gasteiger partial charge on any atom is -0.296 e. The first kappa shape index (κ1) is 12.3. The zero-order chi connectivity index (χ0) is 13.4. The van der Waals surface area contributed by atoms with Crippen LogP contribution in [0.1, 0.15) is 24.5 Å². The third-order valence-corrected chi connectivity index (χ3v) is 3.82. The molecule has 1 aromatic carbocycles. The Morgan fingerprint density at radius 3 is 2.89 bits per heavy atom. The number of nitrogens with zero attached hydrogens (tertiary/aromatic N) is 1. The Bertz CT molecular complexity index is 684. The molecule has 0 spiro atoms. The molecule has 1 saturated heterocycles. The lowest BCUT2D eigenvalue weighted by Crippen LogP contribution is -2.39. The third-order valence-electron chi connectivity index (χ3n) is 3.33. The number of carbonyl (C=O) groups is 2. The van der Waals surface area contributed by atoms with Gasteiger partial charge in [-0.3, -0.25) is 19.9 Å². The van der Waals surface area contributed by atoms with Crippen molar-refractivity contribution in [1.29, 1.82) is 0 Å². The zero-order valence-corrected chi connectivity index (χ0v) is 11.6. The summed E-state index contributed by atoms with van der Waals surface area (Å²) in [4.78, 5) is 27.5. The van der Waals surface area contributed by atoms with Crippen LogP contribution in [0.5, 0.6) is 0 Å². The molecular weight excluding hydrogens is 308 g/mol. The lowest BCUT2D eigenvalue weighted by molar-refractivity contribution is -0.134. The first-order valence-corrected chi connectivity index (χ1v) is 6.82. The smallest absolute Gasteiger partial charge is 0.235 e. The van der Waals surface area contributed by atoms with Crippen molar-refractivity contribution in [1.82, 2.24) is 10.3 Å². The second-order valence-electron chi connectivity index (χ2n) is 4.57. The number of benzene rings is 1. The molecule has 0 bridgehead atoms. The van der Waals surface area contributed by atoms with Crippen molar-refractivity contribution in [3.05, 3.63) is 40.6 Å². The van der Waals surface area contributed by atoms with Gasteiger partial charge in [-0.05, 0) is 30.0 Å². The summed E-state index contributed by atoms with van der Waals surface area (Å²) in [5.41, 5.74) is 0.745. The van der Waals surface area contributed by atoms with Gasteiger partial charge in [-0.15, -0.1) is 0 Å². The van der Waals surface area contributed by atoms with Gasteiger partial charge in [0.1, 0.15) is 0 Å². The van der Waals surface area contributed by atoms with Crippen molar-refractivity contribution in [3.8, 4) is 0 Å². The van der Waals surface area contributed by atoms with E-state index in [4.69, 9.17) is 0 Å². The van der Waals surface area contributed by atoms with Gasteiger partial charge in [-0.25, -0.2) is 0 Å². The highest BCUT2D eigenvalue weighted by molar-refractivity contribution is 9.10. The van der Waals surface area contributed by atoms with Gasteiger partial charge in [0, 0.05) is 22.5 Å². The van der Waals surface area contributed by atoms with Crippen LogP contribution in [0, 0.1) is 0 Å². The van der Waals surface area contributed by atoms with Gasteiger partial charge in [0.15, 0.2) is 0 Å². The molecule has 1 unspecified atom stereocenters. The van der Waals surface area contributed by atoms with Crippen LogP contribution in [0.4, 0.5) is 0 Å². The van der Waals surface area contributed by atoms with Crippen LogP contribution in [0.25, 0.3) is 10.8 Å². The summed E-state index contributed by atoms with van der Waals surface area (Å²) in [7, 11) is 0. The van der Waals surface area contributed by atoms with Crippen molar-refractivity contribution in [2.24, 2.45) is 0 Å². The standard InChI is InChI=1S/C14H11BrN2O2/c15-9-1-2-10-8(7-9)5-6-16-13(10)11-3-4-12(18)17-14(11)19/h1-2,5-7,11H,3-4H2,(H,17,18,19). The number of aromatic nitrogens is 1. The van der Waals surface area contributed by atoms with Crippen molar-refractivity contribution >= 4 is 38.5 Å². The van der Waals surface area contributed by atoms with Crippen LogP contribution >= 0.6 is 15.9 Å². The van der Waals surface area contributed by atoms with Crippen LogP contribution in [0.3, 0.4) is 0 Å². The molecule has 1 aromatic heterocycles. The number of amides is 2. The first-order valence-electron chi connectivity index (χ1n) is 6.03. The fraction of sp³-hybridized carbons (Fsp3) is 0.214. The maximum Gasteiger partial charge on any atom is 0.235 e. The molecule has 2 heterocycles. The highest BCUT2D eigenvalue weighted by Gasteiger charge is 2.30. The fourth-order valence-corrected chi connectivity index (χ4v) is 2.78. The van der Waals surface area contributed by atoms with E-state index in [-0.39, 0.29) is 17.7 Å². The molecule has 1 aliphatic heterocycles. The van der Waals surface area contributed by atoms with Crippen LogP contribution in [0.15, 0.2) is 34.9 Å². The molecule has 0 aliphatic carbocycles. The van der Waals surface area contributed by atoms with E-state index in [1.807, 2.05) is 24.3 Å². The Morgan fingerprint density at radius 2 is 2.11 bits per heavy atom. The molecular formula is C14H11BrN2O2. The number of piperidine rings is 1. The monoisotopic (exact) mass is 318 g/mol. The molecule has 96 valence electrons. The Morgan fingerprint density at radius 1 is 1.26 bits per heavy atom. The Hall–Kier alpha value is -1.75. The van der Waals surface area contributed by atoms with Crippen LogP contribution < -0.4 is 5.32 Å². The quantitative estimate of drug-likeness (QED) is 0.822. The van der Waals surface area contributed by atoms with E-state index < -0.39 is 0 Å². The summed E-state index contributed by atoms with van der Waals surface area (Å²) in [5.74, 6) is -0.800. The van der Waals surface area contributed by atoms with Gasteiger partial charge in [-0.1, -0.05) is 22.0 Å². The van der Waals surface area contributed by atoms with Crippen molar-refractivity contribution in [3.63, 3.8) is 0 Å². The molecule has 2 amide bonds. The van der Waals surface area contributed by atoms with Gasteiger partial charge < -0.3 is 0 Å². The number of pyridine rings is 1.